The largest absolute Gasteiger partial charge is 0.352 e. The van der Waals surface area contributed by atoms with E-state index in [1.54, 1.807) is 4.31 Å². The zero-order valence-electron chi connectivity index (χ0n) is 13.1. The molecule has 3 rings (SSSR count). The lowest BCUT2D eigenvalue weighted by molar-refractivity contribution is 0.383. The first-order chi connectivity index (χ1) is 11.0. The molecule has 1 saturated heterocycles. The first-order valence-corrected chi connectivity index (χ1v) is 9.22. The smallest absolute Gasteiger partial charge is 0.218 e. The van der Waals surface area contributed by atoms with Crippen LogP contribution in [0.4, 0.5) is 5.82 Å². The van der Waals surface area contributed by atoms with Crippen LogP contribution >= 0.6 is 0 Å². The molecule has 0 N–H and O–H groups in total. The van der Waals surface area contributed by atoms with E-state index in [4.69, 9.17) is 0 Å². The Morgan fingerprint density at radius 1 is 0.957 bits per heavy atom. The highest BCUT2D eigenvalue weighted by atomic mass is 32.2. The van der Waals surface area contributed by atoms with E-state index in [9.17, 15) is 8.42 Å². The van der Waals surface area contributed by atoms with Crippen molar-refractivity contribution in [2.75, 3.05) is 31.1 Å². The van der Waals surface area contributed by atoms with Crippen LogP contribution in [-0.4, -0.2) is 49.1 Å². The van der Waals surface area contributed by atoms with Gasteiger partial charge >= 0.3 is 0 Å². The van der Waals surface area contributed by atoms with Crippen molar-refractivity contribution in [2.24, 2.45) is 0 Å². The minimum Gasteiger partial charge on any atom is -0.352 e. The van der Waals surface area contributed by atoms with E-state index in [1.165, 1.54) is 0 Å². The van der Waals surface area contributed by atoms with Gasteiger partial charge in [-0.15, -0.1) is 5.10 Å². The molecule has 0 unspecified atom stereocenters. The molecule has 0 saturated carbocycles. The minimum atomic E-state index is -3.28. The molecule has 7 heteroatoms. The summed E-state index contributed by atoms with van der Waals surface area (Å²) in [5, 5.41) is 8.22. The average molecular weight is 332 g/mol. The fraction of sp³-hybridized carbons (Fsp3) is 0.375. The highest BCUT2D eigenvalue weighted by Crippen LogP contribution is 2.17. The molecule has 23 heavy (non-hydrogen) atoms. The average Bonchev–Trinajstić information content (AvgIpc) is 2.56. The van der Waals surface area contributed by atoms with E-state index in [1.807, 2.05) is 49.4 Å². The molecule has 6 nitrogen and oxygen atoms in total. The van der Waals surface area contributed by atoms with Gasteiger partial charge in [0.1, 0.15) is 0 Å². The molecular formula is C16H20N4O2S. The van der Waals surface area contributed by atoms with Crippen molar-refractivity contribution < 1.29 is 8.42 Å². The topological polar surface area (TPSA) is 66.4 Å². The van der Waals surface area contributed by atoms with Gasteiger partial charge in [0.25, 0.3) is 0 Å². The summed E-state index contributed by atoms with van der Waals surface area (Å²) in [7, 11) is -3.28. The van der Waals surface area contributed by atoms with Gasteiger partial charge in [-0.1, -0.05) is 30.3 Å². The maximum atomic E-state index is 12.5. The Morgan fingerprint density at radius 2 is 1.65 bits per heavy atom. The summed E-state index contributed by atoms with van der Waals surface area (Å²) < 4.78 is 26.6. The summed E-state index contributed by atoms with van der Waals surface area (Å²) in [5.74, 6) is 0.855. The number of benzene rings is 1. The molecule has 0 aliphatic carbocycles. The predicted molar refractivity (Wildman–Crippen MR) is 89.6 cm³/mol. The van der Waals surface area contributed by atoms with Gasteiger partial charge in [0, 0.05) is 26.2 Å². The molecule has 0 radical (unpaired) electrons. The Bertz CT molecular complexity index is 739. The summed E-state index contributed by atoms with van der Waals surface area (Å²) in [4.78, 5) is 2.07. The van der Waals surface area contributed by atoms with E-state index < -0.39 is 10.0 Å². The van der Waals surface area contributed by atoms with Crippen molar-refractivity contribution in [1.82, 2.24) is 14.5 Å². The molecule has 1 aliphatic rings. The Labute approximate surface area is 136 Å². The lowest BCUT2D eigenvalue weighted by Gasteiger charge is -2.34. The fourth-order valence-electron chi connectivity index (χ4n) is 2.63. The second-order valence-corrected chi connectivity index (χ2v) is 7.63. The monoisotopic (exact) mass is 332 g/mol. The van der Waals surface area contributed by atoms with Gasteiger partial charge in [0.15, 0.2) is 5.82 Å². The van der Waals surface area contributed by atoms with E-state index in [-0.39, 0.29) is 5.75 Å². The second-order valence-electron chi connectivity index (χ2n) is 5.66. The lowest BCUT2D eigenvalue weighted by Crippen LogP contribution is -2.49. The molecular weight excluding hydrogens is 312 g/mol. The highest BCUT2D eigenvalue weighted by Gasteiger charge is 2.27. The number of aryl methyl sites for hydroxylation is 1. The summed E-state index contributed by atoms with van der Waals surface area (Å²) in [6, 6.07) is 13.1. The highest BCUT2D eigenvalue weighted by molar-refractivity contribution is 7.88. The lowest BCUT2D eigenvalue weighted by atomic mass is 10.2. The Kier molecular flexibility index (Phi) is 4.58. The van der Waals surface area contributed by atoms with Crippen LogP contribution in [0.2, 0.25) is 0 Å². The van der Waals surface area contributed by atoms with Crippen LogP contribution in [0.5, 0.6) is 0 Å². The number of anilines is 1. The van der Waals surface area contributed by atoms with Gasteiger partial charge in [-0.05, 0) is 24.6 Å². The first kappa shape index (κ1) is 15.9. The van der Waals surface area contributed by atoms with Crippen LogP contribution in [0.1, 0.15) is 11.3 Å². The number of rotatable bonds is 4. The van der Waals surface area contributed by atoms with Gasteiger partial charge in [-0.25, -0.2) is 8.42 Å². The zero-order valence-corrected chi connectivity index (χ0v) is 13.9. The van der Waals surface area contributed by atoms with Gasteiger partial charge in [0.2, 0.25) is 10.0 Å². The molecule has 0 atom stereocenters. The van der Waals surface area contributed by atoms with Gasteiger partial charge in [-0.2, -0.15) is 9.40 Å². The number of hydrogen-bond acceptors (Lipinski definition) is 5. The van der Waals surface area contributed by atoms with Crippen LogP contribution in [0.25, 0.3) is 0 Å². The van der Waals surface area contributed by atoms with E-state index >= 15 is 0 Å². The van der Waals surface area contributed by atoms with Crippen molar-refractivity contribution in [3.63, 3.8) is 0 Å². The third-order valence-electron chi connectivity index (χ3n) is 3.93. The van der Waals surface area contributed by atoms with Crippen molar-refractivity contribution in [1.29, 1.82) is 0 Å². The Hall–Kier alpha value is -1.99. The third-order valence-corrected chi connectivity index (χ3v) is 5.78. The van der Waals surface area contributed by atoms with Crippen LogP contribution in [0.15, 0.2) is 42.5 Å². The van der Waals surface area contributed by atoms with Crippen LogP contribution in [-0.2, 0) is 15.8 Å². The molecule has 0 spiro atoms. The Morgan fingerprint density at radius 3 is 2.26 bits per heavy atom. The number of aromatic nitrogens is 2. The van der Waals surface area contributed by atoms with E-state index in [0.29, 0.717) is 26.2 Å². The molecule has 1 fully saturated rings. The molecule has 0 bridgehead atoms. The number of nitrogens with zero attached hydrogens (tertiary/aromatic N) is 4. The Balaban J connectivity index is 1.63. The molecule has 122 valence electrons. The summed E-state index contributed by atoms with van der Waals surface area (Å²) in [6.45, 7) is 4.11. The summed E-state index contributed by atoms with van der Waals surface area (Å²) in [6.07, 6.45) is 0. The van der Waals surface area contributed by atoms with Gasteiger partial charge in [-0.3, -0.25) is 0 Å². The zero-order chi connectivity index (χ0) is 16.3. The molecule has 2 heterocycles. The standard InChI is InChI=1S/C16H20N4O2S/c1-14-7-8-16(18-17-14)19-9-11-20(12-10-19)23(21,22)13-15-5-3-2-4-6-15/h2-8H,9-13H2,1H3. The maximum absolute atomic E-state index is 12.5. The third kappa shape index (κ3) is 3.86. The molecule has 1 aliphatic heterocycles. The molecule has 1 aromatic carbocycles. The summed E-state index contributed by atoms with van der Waals surface area (Å²) >= 11 is 0. The number of piperazine rings is 1. The fourth-order valence-corrected chi connectivity index (χ4v) is 4.15. The van der Waals surface area contributed by atoms with Crippen LogP contribution < -0.4 is 4.90 Å². The SMILES string of the molecule is Cc1ccc(N2CCN(S(=O)(=O)Cc3ccccc3)CC2)nn1. The van der Waals surface area contributed by atoms with Crippen LogP contribution in [0, 0.1) is 6.92 Å². The van der Waals surface area contributed by atoms with Crippen molar-refractivity contribution >= 4 is 15.8 Å². The predicted octanol–water partition coefficient (Wildman–Crippen LogP) is 1.44. The second kappa shape index (κ2) is 6.64. The molecule has 1 aromatic heterocycles. The van der Waals surface area contributed by atoms with Crippen molar-refractivity contribution in [3.8, 4) is 0 Å². The van der Waals surface area contributed by atoms with Gasteiger partial charge < -0.3 is 4.90 Å². The van der Waals surface area contributed by atoms with Crippen LogP contribution in [0.3, 0.4) is 0 Å². The molecule has 2 aromatic rings. The number of sulfonamides is 1. The van der Waals surface area contributed by atoms with Crippen molar-refractivity contribution in [3.05, 3.63) is 53.7 Å². The minimum absolute atomic E-state index is 0.0537. The molecule has 0 amide bonds. The summed E-state index contributed by atoms with van der Waals surface area (Å²) in [5.41, 5.74) is 1.69. The van der Waals surface area contributed by atoms with E-state index in [2.05, 4.69) is 15.1 Å². The van der Waals surface area contributed by atoms with E-state index in [0.717, 1.165) is 17.1 Å². The van der Waals surface area contributed by atoms with Crippen molar-refractivity contribution in [2.45, 2.75) is 12.7 Å². The maximum Gasteiger partial charge on any atom is 0.218 e. The number of hydrogen-bond donors (Lipinski definition) is 0. The normalized spacial score (nSPS) is 16.5. The quantitative estimate of drug-likeness (QED) is 0.847. The first-order valence-electron chi connectivity index (χ1n) is 7.62. The van der Waals surface area contributed by atoms with Gasteiger partial charge in [0.05, 0.1) is 11.4 Å².